The molecule has 8 heteroatoms. The molecule has 0 heterocycles. The minimum absolute atomic E-state index is 0.0213. The number of rotatable bonds is 8. The third kappa shape index (κ3) is 5.90. The summed E-state index contributed by atoms with van der Waals surface area (Å²) in [5.74, 6) is -1.48. The Morgan fingerprint density at radius 2 is 1.78 bits per heavy atom. The van der Waals surface area contributed by atoms with Gasteiger partial charge in [0, 0.05) is 17.3 Å². The predicted molar refractivity (Wildman–Crippen MR) is 88.0 cm³/mol. The predicted octanol–water partition coefficient (Wildman–Crippen LogP) is 1.77. The van der Waals surface area contributed by atoms with Gasteiger partial charge >= 0.3 is 5.97 Å². The topological polar surface area (TPSA) is 104 Å². The fraction of sp³-hybridized carbons (Fsp3) is 0.467. The molecule has 0 saturated carbocycles. The van der Waals surface area contributed by atoms with E-state index >= 15 is 0 Å². The summed E-state index contributed by atoms with van der Waals surface area (Å²) in [6, 6.07) is 5.66. The summed E-state index contributed by atoms with van der Waals surface area (Å²) < 4.78 is 25.8. The Bertz CT molecular complexity index is 653. The van der Waals surface area contributed by atoms with Gasteiger partial charge in [0.2, 0.25) is 10.0 Å². The lowest BCUT2D eigenvalue weighted by Crippen LogP contribution is -2.40. The number of carboxylic acids is 1. The number of carbonyl (C=O) groups is 2. The summed E-state index contributed by atoms with van der Waals surface area (Å²) in [4.78, 5) is 24.4. The highest BCUT2D eigenvalue weighted by atomic mass is 32.2. The van der Waals surface area contributed by atoms with Crippen LogP contribution in [0.4, 0.5) is 5.69 Å². The van der Waals surface area contributed by atoms with Crippen molar-refractivity contribution in [1.29, 1.82) is 0 Å². The maximum absolute atomic E-state index is 12.3. The Morgan fingerprint density at radius 3 is 2.22 bits per heavy atom. The zero-order valence-electron chi connectivity index (χ0n) is 13.4. The van der Waals surface area contributed by atoms with Crippen LogP contribution in [0.5, 0.6) is 0 Å². The number of carboxylic acid groups (broad SMARTS) is 1. The molecule has 0 aliphatic carbocycles. The lowest BCUT2D eigenvalue weighted by Gasteiger charge is -2.25. The molecule has 1 rings (SSSR count). The molecule has 128 valence electrons. The van der Waals surface area contributed by atoms with Crippen LogP contribution in [0, 0.1) is 0 Å². The number of amides is 1. The van der Waals surface area contributed by atoms with Gasteiger partial charge in [-0.2, -0.15) is 0 Å². The van der Waals surface area contributed by atoms with Gasteiger partial charge in [-0.05, 0) is 44.5 Å². The van der Waals surface area contributed by atoms with E-state index in [-0.39, 0.29) is 18.3 Å². The van der Waals surface area contributed by atoms with Crippen LogP contribution in [0.25, 0.3) is 0 Å². The van der Waals surface area contributed by atoms with Crippen LogP contribution >= 0.6 is 0 Å². The van der Waals surface area contributed by atoms with Crippen LogP contribution in [0.3, 0.4) is 0 Å². The largest absolute Gasteiger partial charge is 0.480 e. The molecule has 2 N–H and O–H groups in total. The van der Waals surface area contributed by atoms with E-state index in [1.54, 1.807) is 20.8 Å². The van der Waals surface area contributed by atoms with Crippen molar-refractivity contribution in [2.24, 2.45) is 0 Å². The molecule has 0 saturated heterocycles. The standard InChI is InChI=1S/C15H22N2O5S/c1-4-9-23(21,22)16-13-7-5-12(6-8-13)15(20)17(11(2)3)10-14(18)19/h5-8,11,16H,4,9-10H2,1-3H3,(H,18,19). The molecule has 0 aliphatic heterocycles. The first kappa shape index (κ1) is 19.0. The van der Waals surface area contributed by atoms with Crippen LogP contribution in [0.1, 0.15) is 37.6 Å². The average Bonchev–Trinajstić information content (AvgIpc) is 2.43. The van der Waals surface area contributed by atoms with Crippen molar-refractivity contribution in [1.82, 2.24) is 4.90 Å². The zero-order valence-corrected chi connectivity index (χ0v) is 14.3. The summed E-state index contributed by atoms with van der Waals surface area (Å²) in [7, 11) is -3.39. The van der Waals surface area contributed by atoms with Gasteiger partial charge in [-0.1, -0.05) is 6.92 Å². The van der Waals surface area contributed by atoms with Crippen molar-refractivity contribution in [3.63, 3.8) is 0 Å². The summed E-state index contributed by atoms with van der Waals surface area (Å²) in [6.07, 6.45) is 0.504. The van der Waals surface area contributed by atoms with Crippen molar-refractivity contribution in [2.75, 3.05) is 17.0 Å². The molecular formula is C15H22N2O5S. The molecule has 1 aromatic carbocycles. The van der Waals surface area contributed by atoms with Gasteiger partial charge in [0.05, 0.1) is 5.75 Å². The second-order valence-corrected chi connectivity index (χ2v) is 7.26. The monoisotopic (exact) mass is 342 g/mol. The second-order valence-electron chi connectivity index (χ2n) is 5.42. The molecule has 0 spiro atoms. The van der Waals surface area contributed by atoms with E-state index < -0.39 is 21.9 Å². The molecule has 0 radical (unpaired) electrons. The van der Waals surface area contributed by atoms with Gasteiger partial charge in [-0.15, -0.1) is 0 Å². The van der Waals surface area contributed by atoms with E-state index in [1.807, 2.05) is 0 Å². The van der Waals surface area contributed by atoms with E-state index in [0.717, 1.165) is 0 Å². The van der Waals surface area contributed by atoms with Crippen LogP contribution in [-0.4, -0.2) is 48.6 Å². The number of sulfonamides is 1. The number of hydrogen-bond donors (Lipinski definition) is 2. The second kappa shape index (κ2) is 7.96. The Kier molecular flexibility index (Phi) is 6.56. The summed E-state index contributed by atoms with van der Waals surface area (Å²) >= 11 is 0. The number of benzene rings is 1. The zero-order chi connectivity index (χ0) is 17.6. The molecular weight excluding hydrogens is 320 g/mol. The van der Waals surface area contributed by atoms with Gasteiger partial charge in [0.15, 0.2) is 0 Å². The number of nitrogens with one attached hydrogen (secondary N) is 1. The first-order valence-electron chi connectivity index (χ1n) is 7.29. The molecule has 1 amide bonds. The molecule has 0 bridgehead atoms. The van der Waals surface area contributed by atoms with Crippen LogP contribution in [-0.2, 0) is 14.8 Å². The van der Waals surface area contributed by atoms with E-state index in [9.17, 15) is 18.0 Å². The minimum Gasteiger partial charge on any atom is -0.480 e. The van der Waals surface area contributed by atoms with E-state index in [2.05, 4.69) is 4.72 Å². The molecule has 1 aromatic rings. The third-order valence-electron chi connectivity index (χ3n) is 3.07. The normalized spacial score (nSPS) is 11.3. The summed E-state index contributed by atoms with van der Waals surface area (Å²) in [5, 5.41) is 8.88. The maximum Gasteiger partial charge on any atom is 0.323 e. The van der Waals surface area contributed by atoms with E-state index in [1.165, 1.54) is 29.2 Å². The number of hydrogen-bond acceptors (Lipinski definition) is 4. The highest BCUT2D eigenvalue weighted by molar-refractivity contribution is 7.92. The van der Waals surface area contributed by atoms with Crippen LogP contribution in [0.15, 0.2) is 24.3 Å². The SMILES string of the molecule is CCCS(=O)(=O)Nc1ccc(C(=O)N(CC(=O)O)C(C)C)cc1. The molecule has 0 fully saturated rings. The van der Waals surface area contributed by atoms with Crippen LogP contribution < -0.4 is 4.72 Å². The first-order chi connectivity index (χ1) is 10.7. The fourth-order valence-electron chi connectivity index (χ4n) is 1.98. The Labute approximate surface area is 136 Å². The molecule has 0 aliphatic rings. The van der Waals surface area contributed by atoms with E-state index in [0.29, 0.717) is 17.7 Å². The van der Waals surface area contributed by atoms with Crippen molar-refractivity contribution in [2.45, 2.75) is 33.2 Å². The van der Waals surface area contributed by atoms with Gasteiger partial charge in [-0.3, -0.25) is 14.3 Å². The van der Waals surface area contributed by atoms with Crippen LogP contribution in [0.2, 0.25) is 0 Å². The molecule has 0 unspecified atom stereocenters. The Balaban J connectivity index is 2.90. The third-order valence-corrected chi connectivity index (χ3v) is 4.56. The molecule has 23 heavy (non-hydrogen) atoms. The van der Waals surface area contributed by atoms with Gasteiger partial charge in [0.1, 0.15) is 6.54 Å². The smallest absolute Gasteiger partial charge is 0.323 e. The van der Waals surface area contributed by atoms with E-state index in [4.69, 9.17) is 5.11 Å². The molecule has 7 nitrogen and oxygen atoms in total. The quantitative estimate of drug-likeness (QED) is 0.749. The maximum atomic E-state index is 12.3. The van der Waals surface area contributed by atoms with Crippen molar-refractivity contribution < 1.29 is 23.1 Å². The minimum atomic E-state index is -3.39. The van der Waals surface area contributed by atoms with Crippen molar-refractivity contribution >= 4 is 27.6 Å². The molecule has 0 aromatic heterocycles. The van der Waals surface area contributed by atoms with Crippen molar-refractivity contribution in [3.8, 4) is 0 Å². The number of anilines is 1. The summed E-state index contributed by atoms with van der Waals surface area (Å²) in [5.41, 5.74) is 0.669. The Hall–Kier alpha value is -2.09. The van der Waals surface area contributed by atoms with Gasteiger partial charge < -0.3 is 10.0 Å². The highest BCUT2D eigenvalue weighted by Crippen LogP contribution is 2.14. The van der Waals surface area contributed by atoms with Gasteiger partial charge in [-0.25, -0.2) is 8.42 Å². The average molecular weight is 342 g/mol. The lowest BCUT2D eigenvalue weighted by molar-refractivity contribution is -0.138. The number of nitrogens with zero attached hydrogens (tertiary/aromatic N) is 1. The van der Waals surface area contributed by atoms with Crippen molar-refractivity contribution in [3.05, 3.63) is 29.8 Å². The molecule has 0 atom stereocenters. The Morgan fingerprint density at radius 1 is 1.22 bits per heavy atom. The fourth-order valence-corrected chi connectivity index (χ4v) is 3.12. The van der Waals surface area contributed by atoms with Gasteiger partial charge in [0.25, 0.3) is 5.91 Å². The highest BCUT2D eigenvalue weighted by Gasteiger charge is 2.21. The number of carbonyl (C=O) groups excluding carboxylic acids is 1. The number of aliphatic carboxylic acids is 1. The lowest BCUT2D eigenvalue weighted by atomic mass is 10.1. The summed E-state index contributed by atoms with van der Waals surface area (Å²) in [6.45, 7) is 4.84. The first-order valence-corrected chi connectivity index (χ1v) is 8.95.